The topological polar surface area (TPSA) is 9.23 Å². The molecule has 0 radical (unpaired) electrons. The van der Waals surface area contributed by atoms with E-state index < -0.39 is 11.6 Å². The molecule has 0 N–H and O–H groups in total. The van der Waals surface area contributed by atoms with Gasteiger partial charge in [0.25, 0.3) is 0 Å². The summed E-state index contributed by atoms with van der Waals surface area (Å²) in [4.78, 5) is 0. The zero-order valence-electron chi connectivity index (χ0n) is 22.7. The quantitative estimate of drug-likeness (QED) is 0.216. The van der Waals surface area contributed by atoms with Gasteiger partial charge < -0.3 is 4.74 Å². The van der Waals surface area contributed by atoms with Gasteiger partial charge in [-0.1, -0.05) is 99.6 Å². The molecule has 0 heterocycles. The Balaban J connectivity index is 1.33. The van der Waals surface area contributed by atoms with Crippen LogP contribution in [0.15, 0.2) is 60.7 Å². The Morgan fingerprint density at radius 3 is 2.18 bits per heavy atom. The van der Waals surface area contributed by atoms with Crippen molar-refractivity contribution in [2.45, 2.75) is 84.0 Å². The fraction of sp³-hybridized carbons (Fsp3) is 0.412. The highest BCUT2D eigenvalue weighted by atomic mass is 19.2. The molecule has 3 aromatic rings. The molecule has 0 amide bonds. The van der Waals surface area contributed by atoms with Gasteiger partial charge in [-0.25, -0.2) is 13.2 Å². The summed E-state index contributed by atoms with van der Waals surface area (Å²) in [5.41, 5.74) is 4.29. The minimum absolute atomic E-state index is 0.102. The molecule has 1 aliphatic rings. The van der Waals surface area contributed by atoms with E-state index in [9.17, 15) is 8.78 Å². The first kappa shape index (κ1) is 28.0. The molecule has 1 nitrogen and oxygen atoms in total. The molecule has 1 unspecified atom stereocenters. The van der Waals surface area contributed by atoms with Crippen LogP contribution in [0.5, 0.6) is 5.75 Å². The number of rotatable bonds is 12. The first-order valence-electron chi connectivity index (χ1n) is 14.1. The number of allylic oxidation sites excluding steroid dienone is 2. The Labute approximate surface area is 225 Å². The third kappa shape index (κ3) is 7.09. The SMILES string of the molecule is CCCCCCCCCOc1ccc(C2=CCC(c3ccc(-c4ccc(C)cc4)c(F)c3F)CC2)cc1F. The maximum absolute atomic E-state index is 15.1. The minimum Gasteiger partial charge on any atom is -0.491 e. The highest BCUT2D eigenvalue weighted by Gasteiger charge is 2.24. The molecule has 0 spiro atoms. The second kappa shape index (κ2) is 13.7. The van der Waals surface area contributed by atoms with E-state index in [0.717, 1.165) is 29.5 Å². The summed E-state index contributed by atoms with van der Waals surface area (Å²) < 4.78 is 50.5. The maximum Gasteiger partial charge on any atom is 0.166 e. The van der Waals surface area contributed by atoms with Crippen LogP contribution in [-0.2, 0) is 0 Å². The molecule has 0 bridgehead atoms. The highest BCUT2D eigenvalue weighted by molar-refractivity contribution is 5.68. The normalized spacial score (nSPS) is 15.4. The van der Waals surface area contributed by atoms with Crippen molar-refractivity contribution in [3.8, 4) is 16.9 Å². The largest absolute Gasteiger partial charge is 0.491 e. The van der Waals surface area contributed by atoms with Crippen molar-refractivity contribution >= 4 is 5.57 Å². The molecule has 0 saturated heterocycles. The van der Waals surface area contributed by atoms with Crippen LogP contribution in [0, 0.1) is 24.4 Å². The third-order valence-corrected chi connectivity index (χ3v) is 7.63. The standard InChI is InChI=1S/C34H39F3O/c1-3-4-5-6-7-8-9-22-38-32-21-18-28(23-31(32)35)25-14-16-27(17-15-25)30-20-19-29(33(36)34(30)37)26-12-10-24(2)11-13-26/h10-14,18-21,23,27H,3-9,15-17,22H2,1-2H3. The van der Waals surface area contributed by atoms with Gasteiger partial charge in [0, 0.05) is 5.56 Å². The Morgan fingerprint density at radius 1 is 0.789 bits per heavy atom. The van der Waals surface area contributed by atoms with Crippen molar-refractivity contribution in [3.63, 3.8) is 0 Å². The van der Waals surface area contributed by atoms with Gasteiger partial charge in [-0.15, -0.1) is 0 Å². The Kier molecular flexibility index (Phi) is 10.1. The van der Waals surface area contributed by atoms with Gasteiger partial charge in [-0.3, -0.25) is 0 Å². The van der Waals surface area contributed by atoms with Crippen molar-refractivity contribution in [3.05, 3.63) is 94.8 Å². The number of halogens is 3. The predicted octanol–water partition coefficient (Wildman–Crippen LogP) is 10.6. The van der Waals surface area contributed by atoms with Crippen molar-refractivity contribution < 1.29 is 17.9 Å². The molecule has 4 heteroatoms. The lowest BCUT2D eigenvalue weighted by Crippen LogP contribution is -2.08. The lowest BCUT2D eigenvalue weighted by atomic mass is 9.82. The average molecular weight is 521 g/mol. The van der Waals surface area contributed by atoms with Crippen LogP contribution in [0.2, 0.25) is 0 Å². The summed E-state index contributed by atoms with van der Waals surface area (Å²) in [6.07, 6.45) is 12.3. The maximum atomic E-state index is 15.1. The Bertz CT molecular complexity index is 1230. The summed E-state index contributed by atoms with van der Waals surface area (Å²) in [6, 6.07) is 15.9. The van der Waals surface area contributed by atoms with E-state index in [1.165, 1.54) is 38.2 Å². The van der Waals surface area contributed by atoms with Gasteiger partial charge >= 0.3 is 0 Å². The second-order valence-electron chi connectivity index (χ2n) is 10.5. The van der Waals surface area contributed by atoms with Crippen LogP contribution in [0.25, 0.3) is 16.7 Å². The summed E-state index contributed by atoms with van der Waals surface area (Å²) in [5, 5.41) is 0. The zero-order chi connectivity index (χ0) is 26.9. The molecule has 0 fully saturated rings. The molecule has 202 valence electrons. The van der Waals surface area contributed by atoms with Crippen LogP contribution < -0.4 is 4.74 Å². The Morgan fingerprint density at radius 2 is 1.50 bits per heavy atom. The van der Waals surface area contributed by atoms with Gasteiger partial charge in [0.15, 0.2) is 23.2 Å². The van der Waals surface area contributed by atoms with E-state index in [2.05, 4.69) is 6.92 Å². The number of hydrogen-bond donors (Lipinski definition) is 0. The zero-order valence-corrected chi connectivity index (χ0v) is 22.7. The highest BCUT2D eigenvalue weighted by Crippen LogP contribution is 2.39. The second-order valence-corrected chi connectivity index (χ2v) is 10.5. The van der Waals surface area contributed by atoms with E-state index in [0.29, 0.717) is 42.7 Å². The summed E-state index contributed by atoms with van der Waals surface area (Å²) in [6.45, 7) is 4.70. The molecule has 38 heavy (non-hydrogen) atoms. The van der Waals surface area contributed by atoms with Crippen molar-refractivity contribution in [2.24, 2.45) is 0 Å². The van der Waals surface area contributed by atoms with E-state index in [4.69, 9.17) is 4.74 Å². The van der Waals surface area contributed by atoms with Crippen LogP contribution in [-0.4, -0.2) is 6.61 Å². The summed E-state index contributed by atoms with van der Waals surface area (Å²) in [5.74, 6) is -1.73. The molecular weight excluding hydrogens is 481 g/mol. The summed E-state index contributed by atoms with van der Waals surface area (Å²) >= 11 is 0. The predicted molar refractivity (Wildman–Crippen MR) is 151 cm³/mol. The first-order valence-corrected chi connectivity index (χ1v) is 14.1. The number of ether oxygens (including phenoxy) is 1. The van der Waals surface area contributed by atoms with Crippen molar-refractivity contribution in [1.29, 1.82) is 0 Å². The van der Waals surface area contributed by atoms with E-state index >= 15 is 4.39 Å². The van der Waals surface area contributed by atoms with Gasteiger partial charge in [0.05, 0.1) is 6.61 Å². The van der Waals surface area contributed by atoms with E-state index in [1.807, 2.05) is 43.3 Å². The summed E-state index contributed by atoms with van der Waals surface area (Å²) in [7, 11) is 0. The average Bonchev–Trinajstić information content (AvgIpc) is 2.93. The fourth-order valence-corrected chi connectivity index (χ4v) is 5.27. The molecule has 1 aliphatic carbocycles. The monoisotopic (exact) mass is 520 g/mol. The molecule has 4 rings (SSSR count). The van der Waals surface area contributed by atoms with Crippen LogP contribution >= 0.6 is 0 Å². The van der Waals surface area contributed by atoms with Gasteiger partial charge in [-0.05, 0) is 72.9 Å². The van der Waals surface area contributed by atoms with E-state index in [1.54, 1.807) is 18.2 Å². The van der Waals surface area contributed by atoms with Crippen LogP contribution in [0.3, 0.4) is 0 Å². The number of benzene rings is 3. The van der Waals surface area contributed by atoms with E-state index in [-0.39, 0.29) is 17.3 Å². The molecule has 0 aromatic heterocycles. The smallest absolute Gasteiger partial charge is 0.166 e. The van der Waals surface area contributed by atoms with Gasteiger partial charge in [0.2, 0.25) is 0 Å². The molecular formula is C34H39F3O. The number of aryl methyl sites for hydroxylation is 1. The van der Waals surface area contributed by atoms with Crippen LogP contribution in [0.1, 0.15) is 93.7 Å². The fourth-order valence-electron chi connectivity index (χ4n) is 5.27. The number of hydrogen-bond acceptors (Lipinski definition) is 1. The van der Waals surface area contributed by atoms with Crippen molar-refractivity contribution in [2.75, 3.05) is 6.61 Å². The first-order chi connectivity index (χ1) is 18.5. The number of unbranched alkanes of at least 4 members (excludes halogenated alkanes) is 6. The lowest BCUT2D eigenvalue weighted by molar-refractivity contribution is 0.290. The molecule has 1 atom stereocenters. The Hall–Kier alpha value is -3.01. The van der Waals surface area contributed by atoms with Gasteiger partial charge in [-0.2, -0.15) is 0 Å². The molecule has 0 saturated carbocycles. The lowest BCUT2D eigenvalue weighted by Gasteiger charge is -2.24. The van der Waals surface area contributed by atoms with Crippen LogP contribution in [0.4, 0.5) is 13.2 Å². The molecule has 3 aromatic carbocycles. The van der Waals surface area contributed by atoms with Gasteiger partial charge in [0.1, 0.15) is 0 Å². The minimum atomic E-state index is -0.796. The molecule has 0 aliphatic heterocycles. The van der Waals surface area contributed by atoms with Crippen molar-refractivity contribution in [1.82, 2.24) is 0 Å². The third-order valence-electron chi connectivity index (χ3n) is 7.63.